The lowest BCUT2D eigenvalue weighted by molar-refractivity contribution is -0.104. The second-order valence-corrected chi connectivity index (χ2v) is 29.6. The van der Waals surface area contributed by atoms with Crippen LogP contribution in [0.1, 0.15) is 218 Å². The monoisotopic (exact) mass is 1110 g/mol. The Morgan fingerprint density at radius 3 is 1.16 bits per heavy atom. The van der Waals surface area contributed by atoms with Crippen LogP contribution in [-0.4, -0.2) is 32.0 Å². The van der Waals surface area contributed by atoms with Gasteiger partial charge in [0.2, 0.25) is 7.37 Å². The highest BCUT2D eigenvalue weighted by atomic mass is 31.2. The van der Waals surface area contributed by atoms with E-state index in [9.17, 15) is 14.2 Å². The lowest BCUT2D eigenvalue weighted by Crippen LogP contribution is -2.19. The molecule has 0 aliphatic heterocycles. The van der Waals surface area contributed by atoms with E-state index in [-0.39, 0.29) is 39.9 Å². The zero-order valence-corrected chi connectivity index (χ0v) is 55.0. The molecule has 0 amide bonds. The van der Waals surface area contributed by atoms with Crippen LogP contribution in [0.25, 0.3) is 0 Å². The van der Waals surface area contributed by atoms with Crippen molar-refractivity contribution in [3.63, 3.8) is 0 Å². The number of nitrogens with zero attached hydrogens (tertiary/aromatic N) is 2. The van der Waals surface area contributed by atoms with Crippen molar-refractivity contribution in [2.24, 2.45) is 32.5 Å². The average molecular weight is 1110 g/mol. The summed E-state index contributed by atoms with van der Waals surface area (Å²) >= 11 is 0. The summed E-state index contributed by atoms with van der Waals surface area (Å²) in [7, 11) is -2.50. The van der Waals surface area contributed by atoms with Gasteiger partial charge in [-0.25, -0.2) is 0 Å². The quantitative estimate of drug-likeness (QED) is 0.0501. The summed E-state index contributed by atoms with van der Waals surface area (Å²) in [6.45, 7) is 50.2. The normalized spacial score (nSPS) is 19.6. The molecule has 3 aliphatic carbocycles. The summed E-state index contributed by atoms with van der Waals surface area (Å²) in [4.78, 5) is 21.3. The van der Waals surface area contributed by atoms with E-state index in [4.69, 9.17) is 15.0 Å². The van der Waals surface area contributed by atoms with Crippen LogP contribution in [0.5, 0.6) is 0 Å². The molecule has 0 heterocycles. The van der Waals surface area contributed by atoms with Crippen molar-refractivity contribution in [2.45, 2.75) is 218 Å². The van der Waals surface area contributed by atoms with E-state index in [0.29, 0.717) is 12.8 Å². The molecule has 0 aromatic carbocycles. The number of carbonyl (C=O) groups excluding carboxylic acids is 2. The average Bonchev–Trinajstić information content (AvgIpc) is 3.28. The van der Waals surface area contributed by atoms with E-state index in [1.165, 1.54) is 108 Å². The molecule has 3 rings (SSSR count). The number of nitriles is 2. The van der Waals surface area contributed by atoms with Gasteiger partial charge in [-0.05, 0) is 195 Å². The van der Waals surface area contributed by atoms with Crippen LogP contribution in [0.4, 0.5) is 0 Å². The van der Waals surface area contributed by atoms with Crippen molar-refractivity contribution in [1.29, 1.82) is 10.5 Å². The van der Waals surface area contributed by atoms with Crippen molar-refractivity contribution in [2.75, 3.05) is 19.4 Å². The molecule has 0 aromatic heterocycles. The van der Waals surface area contributed by atoms with E-state index >= 15 is 0 Å². The Balaban J connectivity index is 0. The van der Waals surface area contributed by atoms with Crippen LogP contribution in [0.2, 0.25) is 0 Å². The molecular formula is C73H113N2O4P. The smallest absolute Gasteiger partial charge is 0.204 e. The van der Waals surface area contributed by atoms with Gasteiger partial charge in [-0.3, -0.25) is 14.2 Å². The van der Waals surface area contributed by atoms with Crippen molar-refractivity contribution < 1.29 is 18.7 Å². The van der Waals surface area contributed by atoms with Crippen molar-refractivity contribution in [3.05, 3.63) is 164 Å². The molecule has 6 nitrogen and oxygen atoms in total. The SMILES string of the molecule is C.CC1=C(/C=C/C(=C/C=C/C(C)=C/C#N)C(C)(C)C)C(C)(C)CCC1.CC1=C(/C=C/C(=C/C=C/C(C)=C/C=O)C(C)(C)C)C(C)(C)CCC1.CC1=C(/C=C/C(=C\C=O)C(C)(C)C)C(C)(C)CCC1.CCOP(C)(=O)C/C(C)=C/C#N. The molecule has 1 unspecified atom stereocenters. The topological polar surface area (TPSA) is 108 Å². The first kappa shape index (κ1) is 76.9. The molecule has 0 N–H and O–H groups in total. The Morgan fingerprint density at radius 2 is 0.875 bits per heavy atom. The molecular weight excluding hydrogens is 1000 g/mol. The molecule has 1 atom stereocenters. The maximum Gasteiger partial charge on any atom is 0.204 e. The number of hydrogen-bond acceptors (Lipinski definition) is 6. The zero-order valence-electron chi connectivity index (χ0n) is 54.1. The fourth-order valence-electron chi connectivity index (χ4n) is 10.1. The van der Waals surface area contributed by atoms with E-state index in [1.807, 2.05) is 44.2 Å². The molecule has 0 bridgehead atoms. The Kier molecular flexibility index (Phi) is 34.3. The van der Waals surface area contributed by atoms with Gasteiger partial charge in [0.05, 0.1) is 18.7 Å². The van der Waals surface area contributed by atoms with Gasteiger partial charge in [0.15, 0.2) is 0 Å². The van der Waals surface area contributed by atoms with Gasteiger partial charge < -0.3 is 4.52 Å². The van der Waals surface area contributed by atoms with Crippen molar-refractivity contribution in [1.82, 2.24) is 0 Å². The standard InChI is InChI=1S/C23H33N.C23H34O.C18H28O.C8H14NO2P.CH4/c2*1-18(15-17-24)10-8-12-20(22(3,4)5)13-14-21-19(2)11-9-16-23(21,6)7;1-14-8-7-12-18(5,6)16(14)10-9-15(11-13-19)17(2,3)4;1-4-11-12(3,10)7-8(2)5-6-9;/h8,10,12-15H,9,11,16H2,1-7H3;8,10,12-15,17H,9,11,16H2,1-7H3;9-11,13H,7-8,12H2,1-6H3;5H,4,7H2,1-3H3;1H4/b2*10-8+,14-13+,18-15+,20-12-;10-9+,15-11+;8-5+;. The minimum Gasteiger partial charge on any atom is -0.329 e. The summed E-state index contributed by atoms with van der Waals surface area (Å²) in [5, 5.41) is 17.0. The first-order chi connectivity index (χ1) is 36.3. The lowest BCUT2D eigenvalue weighted by atomic mass is 9.72. The third kappa shape index (κ3) is 30.1. The van der Waals surface area contributed by atoms with Crippen LogP contribution >= 0.6 is 7.37 Å². The van der Waals surface area contributed by atoms with Crippen LogP contribution < -0.4 is 0 Å². The van der Waals surface area contributed by atoms with Gasteiger partial charge >= 0.3 is 0 Å². The largest absolute Gasteiger partial charge is 0.329 e. The van der Waals surface area contributed by atoms with Gasteiger partial charge in [0.25, 0.3) is 0 Å². The number of hydrogen-bond donors (Lipinski definition) is 0. The molecule has 0 aromatic rings. The van der Waals surface area contributed by atoms with Gasteiger partial charge in [-0.2, -0.15) is 10.5 Å². The summed E-state index contributed by atoms with van der Waals surface area (Å²) in [6, 6.07) is 3.96. The molecule has 0 saturated carbocycles. The molecule has 444 valence electrons. The second-order valence-electron chi connectivity index (χ2n) is 27.0. The maximum absolute atomic E-state index is 11.5. The predicted molar refractivity (Wildman–Crippen MR) is 351 cm³/mol. The van der Waals surface area contributed by atoms with Crippen LogP contribution in [0, 0.1) is 55.2 Å². The Labute approximate surface area is 492 Å². The zero-order chi connectivity index (χ0) is 61.1. The highest BCUT2D eigenvalue weighted by Gasteiger charge is 2.29. The fourth-order valence-corrected chi connectivity index (χ4v) is 11.8. The highest BCUT2D eigenvalue weighted by Crippen LogP contribution is 2.45. The molecule has 0 fully saturated rings. The van der Waals surface area contributed by atoms with Crippen LogP contribution in [-0.2, 0) is 18.7 Å². The first-order valence-corrected chi connectivity index (χ1v) is 31.1. The van der Waals surface area contributed by atoms with Crippen LogP contribution in [0.15, 0.2) is 164 Å². The molecule has 80 heavy (non-hydrogen) atoms. The number of carbonyl (C=O) groups is 2. The van der Waals surface area contributed by atoms with Gasteiger partial charge in [0.1, 0.15) is 12.6 Å². The summed E-state index contributed by atoms with van der Waals surface area (Å²) in [5.74, 6) is 0. The molecule has 0 spiro atoms. The van der Waals surface area contributed by atoms with E-state index in [0.717, 1.165) is 34.9 Å². The lowest BCUT2D eigenvalue weighted by Gasteiger charge is -2.33. The van der Waals surface area contributed by atoms with E-state index < -0.39 is 7.37 Å². The van der Waals surface area contributed by atoms with Crippen molar-refractivity contribution >= 4 is 19.9 Å². The maximum atomic E-state index is 11.5. The van der Waals surface area contributed by atoms with Crippen molar-refractivity contribution in [3.8, 4) is 12.1 Å². The fraction of sp³-hybridized carbons (Fsp3) is 0.562. The molecule has 7 heteroatoms. The summed E-state index contributed by atoms with van der Waals surface area (Å²) < 4.78 is 16.6. The van der Waals surface area contributed by atoms with Crippen LogP contribution in [0.3, 0.4) is 0 Å². The number of aldehydes is 2. The molecule has 3 aliphatic rings. The molecule has 0 radical (unpaired) electrons. The second kappa shape index (κ2) is 35.7. The van der Waals surface area contributed by atoms with Gasteiger partial charge in [0, 0.05) is 25.0 Å². The summed E-state index contributed by atoms with van der Waals surface area (Å²) in [5.41, 5.74) is 16.3. The van der Waals surface area contributed by atoms with E-state index in [1.54, 1.807) is 38.7 Å². The Hall–Kier alpha value is -5.13. The third-order valence-electron chi connectivity index (χ3n) is 14.9. The highest BCUT2D eigenvalue weighted by molar-refractivity contribution is 7.58. The van der Waals surface area contributed by atoms with Gasteiger partial charge in [-0.15, -0.1) is 0 Å². The van der Waals surface area contributed by atoms with E-state index in [2.05, 4.69) is 179 Å². The predicted octanol–water partition coefficient (Wildman–Crippen LogP) is 22.1. The minimum absolute atomic E-state index is 0. The third-order valence-corrected chi connectivity index (χ3v) is 16.8. The Morgan fingerprint density at radius 1 is 0.550 bits per heavy atom. The minimum atomic E-state index is -2.50. The number of rotatable bonds is 16. The molecule has 0 saturated heterocycles. The van der Waals surface area contributed by atoms with Gasteiger partial charge in [-0.1, -0.05) is 206 Å². The summed E-state index contributed by atoms with van der Waals surface area (Å²) in [6.07, 6.45) is 45.5. The first-order valence-electron chi connectivity index (χ1n) is 28.9. The Bertz CT molecular complexity index is 2630. The number of allylic oxidation sites excluding steroid dienone is 28.